The van der Waals surface area contributed by atoms with Gasteiger partial charge >= 0.3 is 0 Å². The molecule has 5 nitrogen and oxygen atoms in total. The van der Waals surface area contributed by atoms with Gasteiger partial charge in [0.1, 0.15) is 0 Å². The molecule has 0 unspecified atom stereocenters. The minimum atomic E-state index is -3.58. The van der Waals surface area contributed by atoms with Gasteiger partial charge in [-0.15, -0.1) is 0 Å². The summed E-state index contributed by atoms with van der Waals surface area (Å²) < 4.78 is 27.4. The Kier molecular flexibility index (Phi) is 5.83. The van der Waals surface area contributed by atoms with E-state index >= 15 is 0 Å². The van der Waals surface area contributed by atoms with Crippen LogP contribution in [0.2, 0.25) is 0 Å². The predicted molar refractivity (Wildman–Crippen MR) is 109 cm³/mol. The molecule has 1 aliphatic heterocycles. The molecule has 0 spiro atoms. The summed E-state index contributed by atoms with van der Waals surface area (Å²) in [7, 11) is -3.58. The molecule has 1 heterocycles. The summed E-state index contributed by atoms with van der Waals surface area (Å²) in [6, 6.07) is 18.5. The maximum absolute atomic E-state index is 13.0. The Balaban J connectivity index is 1.53. The molecule has 1 aliphatic carbocycles. The molecule has 2 fully saturated rings. The highest BCUT2D eigenvalue weighted by Gasteiger charge is 2.42. The lowest BCUT2D eigenvalue weighted by molar-refractivity contribution is 0.0558. The number of aliphatic hydroxyl groups is 1. The molecule has 28 heavy (non-hydrogen) atoms. The van der Waals surface area contributed by atoms with Crippen LogP contribution in [0.3, 0.4) is 0 Å². The van der Waals surface area contributed by atoms with Gasteiger partial charge < -0.3 is 5.11 Å². The highest BCUT2D eigenvalue weighted by Crippen LogP contribution is 2.31. The van der Waals surface area contributed by atoms with Crippen molar-refractivity contribution in [2.45, 2.75) is 42.8 Å². The van der Waals surface area contributed by atoms with E-state index in [4.69, 9.17) is 0 Å². The second kappa shape index (κ2) is 8.33. The molecule has 4 rings (SSSR count). The zero-order chi connectivity index (χ0) is 19.6. The standard InChI is InChI=1S/C22H28N2O3S/c25-22-17-24(28(26,27)20-12-5-2-6-13-20)16-21(22)23(15-19-10-7-11-19)14-18-8-3-1-4-9-18/h1-6,8-9,12-13,19,21-22,25H,7,10-11,14-17H2/t21-,22-/m1/s1. The van der Waals surface area contributed by atoms with Crippen LogP contribution >= 0.6 is 0 Å². The van der Waals surface area contributed by atoms with E-state index in [-0.39, 0.29) is 17.5 Å². The van der Waals surface area contributed by atoms with Crippen molar-refractivity contribution in [3.8, 4) is 0 Å². The average Bonchev–Trinajstić information content (AvgIpc) is 3.07. The third-order valence-corrected chi connectivity index (χ3v) is 7.87. The van der Waals surface area contributed by atoms with Gasteiger partial charge in [-0.1, -0.05) is 55.0 Å². The summed E-state index contributed by atoms with van der Waals surface area (Å²) in [6.07, 6.45) is 3.04. The van der Waals surface area contributed by atoms with Crippen molar-refractivity contribution in [1.29, 1.82) is 0 Å². The fourth-order valence-corrected chi connectivity index (χ4v) is 5.67. The summed E-state index contributed by atoms with van der Waals surface area (Å²) in [6.45, 7) is 2.13. The summed E-state index contributed by atoms with van der Waals surface area (Å²) >= 11 is 0. The van der Waals surface area contributed by atoms with Crippen LogP contribution in [0, 0.1) is 5.92 Å². The largest absolute Gasteiger partial charge is 0.390 e. The van der Waals surface area contributed by atoms with Crippen LogP contribution in [-0.2, 0) is 16.6 Å². The number of aliphatic hydroxyl groups excluding tert-OH is 1. The monoisotopic (exact) mass is 400 g/mol. The molecule has 1 saturated heterocycles. The van der Waals surface area contributed by atoms with E-state index in [0.29, 0.717) is 12.5 Å². The SMILES string of the molecule is O=S(=O)(c1ccccc1)N1C[C@@H](O)[C@H](N(Cc2ccccc2)CC2CCC2)C1. The Morgan fingerprint density at radius 3 is 2.21 bits per heavy atom. The molecule has 0 aromatic heterocycles. The zero-order valence-electron chi connectivity index (χ0n) is 16.0. The first-order chi connectivity index (χ1) is 13.5. The number of nitrogens with zero attached hydrogens (tertiary/aromatic N) is 2. The smallest absolute Gasteiger partial charge is 0.243 e. The molecule has 2 aliphatic rings. The Bertz CT molecular complexity index is 869. The third kappa shape index (κ3) is 4.15. The molecule has 1 saturated carbocycles. The maximum Gasteiger partial charge on any atom is 0.243 e. The van der Waals surface area contributed by atoms with Gasteiger partial charge in [0.25, 0.3) is 0 Å². The van der Waals surface area contributed by atoms with E-state index in [1.807, 2.05) is 18.2 Å². The van der Waals surface area contributed by atoms with Gasteiger partial charge in [-0.05, 0) is 36.5 Å². The number of rotatable bonds is 7. The Morgan fingerprint density at radius 2 is 1.61 bits per heavy atom. The molecule has 6 heteroatoms. The predicted octanol–water partition coefficient (Wildman–Crippen LogP) is 2.72. The van der Waals surface area contributed by atoms with Gasteiger partial charge in [0.2, 0.25) is 10.0 Å². The molecule has 0 bridgehead atoms. The van der Waals surface area contributed by atoms with Gasteiger partial charge in [0.05, 0.1) is 17.0 Å². The molecule has 2 aromatic rings. The van der Waals surface area contributed by atoms with Crippen LogP contribution in [0.1, 0.15) is 24.8 Å². The van der Waals surface area contributed by atoms with Crippen molar-refractivity contribution >= 4 is 10.0 Å². The second-order valence-corrected chi connectivity index (χ2v) is 9.92. The van der Waals surface area contributed by atoms with Crippen LogP contribution in [0.4, 0.5) is 0 Å². The minimum Gasteiger partial charge on any atom is -0.390 e. The topological polar surface area (TPSA) is 60.9 Å². The number of β-amino-alcohol motifs (C(OH)–C–C–N with tert-alkyl or cyclic N) is 1. The lowest BCUT2D eigenvalue weighted by atomic mass is 9.84. The van der Waals surface area contributed by atoms with Gasteiger partial charge in [-0.25, -0.2) is 8.42 Å². The molecule has 0 radical (unpaired) electrons. The first kappa shape index (κ1) is 19.6. The van der Waals surface area contributed by atoms with E-state index in [9.17, 15) is 13.5 Å². The van der Waals surface area contributed by atoms with Crippen LogP contribution < -0.4 is 0 Å². The Hall–Kier alpha value is -1.73. The molecule has 2 atom stereocenters. The highest BCUT2D eigenvalue weighted by atomic mass is 32.2. The van der Waals surface area contributed by atoms with E-state index in [2.05, 4.69) is 17.0 Å². The third-order valence-electron chi connectivity index (χ3n) is 6.02. The summed E-state index contributed by atoms with van der Waals surface area (Å²) in [5.74, 6) is 0.649. The number of hydrogen-bond acceptors (Lipinski definition) is 4. The quantitative estimate of drug-likeness (QED) is 0.776. The van der Waals surface area contributed by atoms with Crippen LogP contribution in [-0.4, -0.2) is 54.5 Å². The molecular formula is C22H28N2O3S. The van der Waals surface area contributed by atoms with Gasteiger partial charge in [0.15, 0.2) is 0 Å². The molecule has 1 N–H and O–H groups in total. The average molecular weight is 401 g/mol. The minimum absolute atomic E-state index is 0.151. The van der Waals surface area contributed by atoms with Crippen molar-refractivity contribution in [2.24, 2.45) is 5.92 Å². The van der Waals surface area contributed by atoms with E-state index in [0.717, 1.165) is 13.1 Å². The Labute approximate surface area is 167 Å². The van der Waals surface area contributed by atoms with E-state index in [1.54, 1.807) is 30.3 Å². The van der Waals surface area contributed by atoms with E-state index < -0.39 is 16.1 Å². The van der Waals surface area contributed by atoms with Crippen LogP contribution in [0.5, 0.6) is 0 Å². The van der Waals surface area contributed by atoms with Crippen molar-refractivity contribution in [1.82, 2.24) is 9.21 Å². The summed E-state index contributed by atoms with van der Waals surface area (Å²) in [5, 5.41) is 10.8. The fourth-order valence-electron chi connectivity index (χ4n) is 4.17. The molecule has 150 valence electrons. The number of hydrogen-bond donors (Lipinski definition) is 1. The van der Waals surface area contributed by atoms with Gasteiger partial charge in [-0.3, -0.25) is 4.90 Å². The fraction of sp³-hybridized carbons (Fsp3) is 0.455. The first-order valence-electron chi connectivity index (χ1n) is 10.1. The summed E-state index contributed by atoms with van der Waals surface area (Å²) in [5.41, 5.74) is 1.19. The second-order valence-electron chi connectivity index (χ2n) is 7.98. The van der Waals surface area contributed by atoms with E-state index in [1.165, 1.54) is 29.1 Å². The zero-order valence-corrected chi connectivity index (χ0v) is 16.8. The van der Waals surface area contributed by atoms with Crippen molar-refractivity contribution in [2.75, 3.05) is 19.6 Å². The van der Waals surface area contributed by atoms with Gasteiger partial charge in [-0.2, -0.15) is 4.31 Å². The molecule has 2 aromatic carbocycles. The maximum atomic E-state index is 13.0. The Morgan fingerprint density at radius 1 is 0.964 bits per heavy atom. The van der Waals surface area contributed by atoms with Crippen molar-refractivity contribution in [3.63, 3.8) is 0 Å². The highest BCUT2D eigenvalue weighted by molar-refractivity contribution is 7.89. The van der Waals surface area contributed by atoms with Crippen molar-refractivity contribution in [3.05, 3.63) is 66.2 Å². The lowest BCUT2D eigenvalue weighted by Crippen LogP contribution is -2.46. The summed E-state index contributed by atoms with van der Waals surface area (Å²) in [4.78, 5) is 2.58. The van der Waals surface area contributed by atoms with Crippen LogP contribution in [0.25, 0.3) is 0 Å². The van der Waals surface area contributed by atoms with Crippen molar-refractivity contribution < 1.29 is 13.5 Å². The number of benzene rings is 2. The number of sulfonamides is 1. The lowest BCUT2D eigenvalue weighted by Gasteiger charge is -2.37. The normalized spacial score (nSPS) is 23.8. The van der Waals surface area contributed by atoms with Gasteiger partial charge in [0, 0.05) is 26.2 Å². The van der Waals surface area contributed by atoms with Crippen LogP contribution in [0.15, 0.2) is 65.6 Å². The molecule has 0 amide bonds. The molecular weight excluding hydrogens is 372 g/mol. The first-order valence-corrected chi connectivity index (χ1v) is 11.5.